The maximum Gasteiger partial charge on any atom is 0.332 e. The van der Waals surface area contributed by atoms with Gasteiger partial charge in [0, 0.05) is 12.3 Å². The smallest absolute Gasteiger partial charge is 0.332 e. The second-order valence-corrected chi connectivity index (χ2v) is 4.25. The lowest BCUT2D eigenvalue weighted by Crippen LogP contribution is -2.11. The number of nitrogens with zero attached hydrogens (tertiary/aromatic N) is 4. The van der Waals surface area contributed by atoms with Crippen molar-refractivity contribution in [2.75, 3.05) is 5.73 Å². The third-order valence-electron chi connectivity index (χ3n) is 1.95. The summed E-state index contributed by atoms with van der Waals surface area (Å²) >= 11 is 1.19. The lowest BCUT2D eigenvalue weighted by Gasteiger charge is -2.01. The topological polar surface area (TPSA) is 117 Å². The normalized spacial score (nSPS) is 10.4. The van der Waals surface area contributed by atoms with E-state index in [4.69, 9.17) is 5.73 Å². The van der Waals surface area contributed by atoms with Crippen molar-refractivity contribution in [1.29, 1.82) is 0 Å². The maximum absolute atomic E-state index is 11.2. The Bertz CT molecular complexity index is 620. The van der Waals surface area contributed by atoms with Crippen LogP contribution in [0.4, 0.5) is 10.8 Å². The van der Waals surface area contributed by atoms with Gasteiger partial charge in [-0.1, -0.05) is 11.3 Å². The SMILES string of the molecule is Nc1nnc(Cn2ccc(=O)c([N+](=O)[O-])c2)s1. The number of nitrogens with two attached hydrogens (primary N) is 1. The Morgan fingerprint density at radius 2 is 2.29 bits per heavy atom. The number of anilines is 1. The molecule has 0 aliphatic heterocycles. The number of pyridine rings is 1. The van der Waals surface area contributed by atoms with Gasteiger partial charge in [0.1, 0.15) is 5.01 Å². The monoisotopic (exact) mass is 253 g/mol. The van der Waals surface area contributed by atoms with Gasteiger partial charge in [-0.05, 0) is 0 Å². The fourth-order valence-electron chi connectivity index (χ4n) is 1.23. The minimum Gasteiger partial charge on any atom is -0.374 e. The second-order valence-electron chi connectivity index (χ2n) is 3.16. The summed E-state index contributed by atoms with van der Waals surface area (Å²) in [5.41, 5.74) is 4.32. The van der Waals surface area contributed by atoms with Crippen LogP contribution in [0.5, 0.6) is 0 Å². The first kappa shape index (κ1) is 11.2. The summed E-state index contributed by atoms with van der Waals surface area (Å²) in [5, 5.41) is 18.9. The van der Waals surface area contributed by atoms with E-state index < -0.39 is 16.0 Å². The molecule has 17 heavy (non-hydrogen) atoms. The van der Waals surface area contributed by atoms with Crippen LogP contribution in [0.15, 0.2) is 23.3 Å². The lowest BCUT2D eigenvalue weighted by atomic mass is 10.4. The van der Waals surface area contributed by atoms with Crippen molar-refractivity contribution in [3.63, 3.8) is 0 Å². The fraction of sp³-hybridized carbons (Fsp3) is 0.125. The predicted octanol–water partition coefficient (Wildman–Crippen LogP) is 0.238. The summed E-state index contributed by atoms with van der Waals surface area (Å²) in [6, 6.07) is 1.14. The average molecular weight is 253 g/mol. The fourth-order valence-corrected chi connectivity index (χ4v) is 1.85. The van der Waals surface area contributed by atoms with Gasteiger partial charge in [-0.3, -0.25) is 14.9 Å². The molecule has 0 fully saturated rings. The number of nitro groups is 1. The highest BCUT2D eigenvalue weighted by molar-refractivity contribution is 7.15. The van der Waals surface area contributed by atoms with Crippen LogP contribution in [-0.2, 0) is 6.54 Å². The number of rotatable bonds is 3. The molecule has 2 rings (SSSR count). The standard InChI is InChI=1S/C8H7N5O3S/c9-8-11-10-7(17-8)4-12-2-1-6(14)5(3-12)13(15)16/h1-3H,4H2,(H2,9,11). The molecule has 0 radical (unpaired) electrons. The molecule has 0 aliphatic rings. The Hall–Kier alpha value is -2.29. The highest BCUT2D eigenvalue weighted by Gasteiger charge is 2.12. The summed E-state index contributed by atoms with van der Waals surface area (Å²) in [7, 11) is 0. The van der Waals surface area contributed by atoms with Gasteiger partial charge in [-0.25, -0.2) is 0 Å². The van der Waals surface area contributed by atoms with Gasteiger partial charge >= 0.3 is 5.69 Å². The van der Waals surface area contributed by atoms with Crippen molar-refractivity contribution >= 4 is 22.2 Å². The number of hydrogen-bond acceptors (Lipinski definition) is 7. The van der Waals surface area contributed by atoms with E-state index in [1.54, 1.807) is 0 Å². The molecular weight excluding hydrogens is 246 g/mol. The molecule has 0 atom stereocenters. The zero-order valence-corrected chi connectivity index (χ0v) is 9.25. The van der Waals surface area contributed by atoms with E-state index >= 15 is 0 Å². The maximum atomic E-state index is 11.2. The van der Waals surface area contributed by atoms with Crippen molar-refractivity contribution < 1.29 is 4.92 Å². The van der Waals surface area contributed by atoms with Gasteiger partial charge in [0.05, 0.1) is 17.7 Å². The third-order valence-corrected chi connectivity index (χ3v) is 2.69. The zero-order valence-electron chi connectivity index (χ0n) is 8.44. The van der Waals surface area contributed by atoms with Crippen molar-refractivity contribution in [1.82, 2.24) is 14.8 Å². The van der Waals surface area contributed by atoms with E-state index in [9.17, 15) is 14.9 Å². The van der Waals surface area contributed by atoms with E-state index in [2.05, 4.69) is 10.2 Å². The highest BCUT2D eigenvalue weighted by Crippen LogP contribution is 2.13. The first-order valence-corrected chi connectivity index (χ1v) is 5.30. The van der Waals surface area contributed by atoms with Gasteiger partial charge in [0.15, 0.2) is 0 Å². The summed E-state index contributed by atoms with van der Waals surface area (Å²) in [6.07, 6.45) is 2.62. The third kappa shape index (κ3) is 2.45. The Morgan fingerprint density at radius 3 is 2.88 bits per heavy atom. The van der Waals surface area contributed by atoms with Crippen LogP contribution in [0.1, 0.15) is 5.01 Å². The minimum atomic E-state index is -0.715. The molecule has 8 nitrogen and oxygen atoms in total. The molecule has 88 valence electrons. The summed E-state index contributed by atoms with van der Waals surface area (Å²) in [6.45, 7) is 0.288. The van der Waals surface area contributed by atoms with Crippen LogP contribution < -0.4 is 11.2 Å². The molecule has 9 heteroatoms. The van der Waals surface area contributed by atoms with E-state index in [-0.39, 0.29) is 6.54 Å². The lowest BCUT2D eigenvalue weighted by molar-refractivity contribution is -0.386. The largest absolute Gasteiger partial charge is 0.374 e. The predicted molar refractivity (Wildman–Crippen MR) is 60.8 cm³/mol. The minimum absolute atomic E-state index is 0.288. The van der Waals surface area contributed by atoms with E-state index in [0.717, 1.165) is 6.07 Å². The van der Waals surface area contributed by atoms with Crippen LogP contribution in [0.2, 0.25) is 0 Å². The molecule has 2 heterocycles. The van der Waals surface area contributed by atoms with Crippen molar-refractivity contribution in [2.24, 2.45) is 0 Å². The van der Waals surface area contributed by atoms with Crippen LogP contribution in [-0.4, -0.2) is 19.7 Å². The quantitative estimate of drug-likeness (QED) is 0.618. The first-order chi connectivity index (χ1) is 8.06. The van der Waals surface area contributed by atoms with Gasteiger partial charge in [0.2, 0.25) is 5.13 Å². The molecule has 2 N–H and O–H groups in total. The Balaban J connectivity index is 2.31. The molecule has 0 spiro atoms. The van der Waals surface area contributed by atoms with Crippen molar-refractivity contribution in [2.45, 2.75) is 6.54 Å². The van der Waals surface area contributed by atoms with E-state index in [0.29, 0.717) is 10.1 Å². The van der Waals surface area contributed by atoms with E-state index in [1.807, 2.05) is 0 Å². The number of hydrogen-bond donors (Lipinski definition) is 1. The van der Waals surface area contributed by atoms with Gasteiger partial charge in [-0.2, -0.15) is 0 Å². The van der Waals surface area contributed by atoms with Crippen LogP contribution in [0.25, 0.3) is 0 Å². The Kier molecular flexibility index (Phi) is 2.83. The van der Waals surface area contributed by atoms with Crippen LogP contribution in [0, 0.1) is 10.1 Å². The molecule has 2 aromatic heterocycles. The molecule has 0 aromatic carbocycles. The van der Waals surface area contributed by atoms with Crippen LogP contribution >= 0.6 is 11.3 Å². The molecule has 0 saturated heterocycles. The van der Waals surface area contributed by atoms with E-state index in [1.165, 1.54) is 28.3 Å². The molecule has 0 unspecified atom stereocenters. The molecular formula is C8H7N5O3S. The van der Waals surface area contributed by atoms with Crippen LogP contribution in [0.3, 0.4) is 0 Å². The molecule has 0 aliphatic carbocycles. The molecule has 0 bridgehead atoms. The summed E-state index contributed by atoms with van der Waals surface area (Å²) < 4.78 is 1.49. The summed E-state index contributed by atoms with van der Waals surface area (Å²) in [5.74, 6) is 0. The summed E-state index contributed by atoms with van der Waals surface area (Å²) in [4.78, 5) is 21.0. The average Bonchev–Trinajstić information content (AvgIpc) is 2.66. The number of nitrogen functional groups attached to an aromatic ring is 1. The van der Waals surface area contributed by atoms with Crippen molar-refractivity contribution in [3.8, 4) is 0 Å². The van der Waals surface area contributed by atoms with Gasteiger partial charge in [0.25, 0.3) is 5.43 Å². The zero-order chi connectivity index (χ0) is 12.4. The Morgan fingerprint density at radius 1 is 1.53 bits per heavy atom. The number of aromatic nitrogens is 3. The highest BCUT2D eigenvalue weighted by atomic mass is 32.1. The second kappa shape index (κ2) is 4.29. The molecule has 2 aromatic rings. The first-order valence-electron chi connectivity index (χ1n) is 4.48. The Labute approximate surface area is 98.5 Å². The van der Waals surface area contributed by atoms with Crippen molar-refractivity contribution in [3.05, 3.63) is 43.8 Å². The van der Waals surface area contributed by atoms with Gasteiger partial charge in [-0.15, -0.1) is 10.2 Å². The molecule has 0 amide bonds. The van der Waals surface area contributed by atoms with Gasteiger partial charge < -0.3 is 10.3 Å². The molecule has 0 saturated carbocycles.